The van der Waals surface area contributed by atoms with Crippen LogP contribution in [0.25, 0.3) is 10.2 Å². The van der Waals surface area contributed by atoms with Crippen molar-refractivity contribution in [3.05, 3.63) is 63.7 Å². The molecule has 0 saturated heterocycles. The molecule has 1 heterocycles. The van der Waals surface area contributed by atoms with Crippen LogP contribution < -0.4 is 4.80 Å². The van der Waals surface area contributed by atoms with Crippen LogP contribution in [0, 0.1) is 5.82 Å². The zero-order valence-corrected chi connectivity index (χ0v) is 15.1. The number of rotatable bonds is 5. The third kappa shape index (κ3) is 3.81. The minimum Gasteiger partial charge on any atom is -0.380 e. The maximum Gasteiger partial charge on any atom is 0.281 e. The lowest BCUT2D eigenvalue weighted by molar-refractivity contribution is 0.0996. The number of nitrogens with zero attached hydrogens (tertiary/aromatic N) is 2. The number of carbonyl (C=O) groups is 1. The van der Waals surface area contributed by atoms with Crippen LogP contribution in [0.2, 0.25) is 5.02 Å². The molecular weight excluding hydrogens is 363 g/mol. The van der Waals surface area contributed by atoms with E-state index in [1.165, 1.54) is 17.4 Å². The Morgan fingerprint density at radius 1 is 1.28 bits per heavy atom. The molecule has 4 nitrogen and oxygen atoms in total. The smallest absolute Gasteiger partial charge is 0.281 e. The first-order valence-electron chi connectivity index (χ1n) is 7.81. The van der Waals surface area contributed by atoms with Crippen LogP contribution >= 0.6 is 22.9 Å². The summed E-state index contributed by atoms with van der Waals surface area (Å²) < 4.78 is 22.1. The molecule has 0 aliphatic heterocycles. The second kappa shape index (κ2) is 7.91. The average Bonchev–Trinajstić information content (AvgIpc) is 2.94. The fraction of sp³-hybridized carbons (Fsp3) is 0.222. The molecule has 2 aromatic carbocycles. The van der Waals surface area contributed by atoms with E-state index in [1.54, 1.807) is 41.0 Å². The van der Waals surface area contributed by atoms with Gasteiger partial charge in [0.15, 0.2) is 4.80 Å². The third-order valence-electron chi connectivity index (χ3n) is 3.62. The molecule has 1 amide bonds. The molecule has 0 unspecified atom stereocenters. The summed E-state index contributed by atoms with van der Waals surface area (Å²) >= 11 is 7.33. The van der Waals surface area contributed by atoms with Gasteiger partial charge in [-0.05, 0) is 31.2 Å². The van der Waals surface area contributed by atoms with E-state index in [0.717, 1.165) is 4.70 Å². The van der Waals surface area contributed by atoms with Crippen molar-refractivity contribution in [1.29, 1.82) is 0 Å². The van der Waals surface area contributed by atoms with Gasteiger partial charge in [0.2, 0.25) is 0 Å². The van der Waals surface area contributed by atoms with Crippen LogP contribution in [0.3, 0.4) is 0 Å². The molecule has 0 N–H and O–H groups in total. The fourth-order valence-corrected chi connectivity index (χ4v) is 3.75. The van der Waals surface area contributed by atoms with E-state index < -0.39 is 5.91 Å². The molecule has 3 rings (SSSR count). The van der Waals surface area contributed by atoms with Crippen LogP contribution in [0.5, 0.6) is 0 Å². The van der Waals surface area contributed by atoms with Crippen LogP contribution in [0.1, 0.15) is 17.3 Å². The van der Waals surface area contributed by atoms with Crippen molar-refractivity contribution < 1.29 is 13.9 Å². The number of halogens is 2. The zero-order chi connectivity index (χ0) is 17.8. The van der Waals surface area contributed by atoms with Crippen molar-refractivity contribution in [2.24, 2.45) is 4.99 Å². The van der Waals surface area contributed by atoms with Crippen molar-refractivity contribution in [2.45, 2.75) is 13.5 Å². The Morgan fingerprint density at radius 3 is 2.84 bits per heavy atom. The lowest BCUT2D eigenvalue weighted by atomic mass is 10.2. The number of aromatic nitrogens is 1. The monoisotopic (exact) mass is 378 g/mol. The SMILES string of the molecule is CCOCCn1c(=NC(=O)c2ccccc2Cl)sc2cccc(F)c21. The molecule has 0 radical (unpaired) electrons. The number of ether oxygens (including phenoxy) is 1. The number of hydrogen-bond acceptors (Lipinski definition) is 3. The van der Waals surface area contributed by atoms with Gasteiger partial charge in [0.1, 0.15) is 5.82 Å². The normalized spacial score (nSPS) is 12.0. The van der Waals surface area contributed by atoms with Crippen molar-refractivity contribution in [3.63, 3.8) is 0 Å². The highest BCUT2D eigenvalue weighted by Crippen LogP contribution is 2.21. The Balaban J connectivity index is 2.11. The topological polar surface area (TPSA) is 43.6 Å². The fourth-order valence-electron chi connectivity index (χ4n) is 2.46. The molecule has 1 aromatic heterocycles. The van der Waals surface area contributed by atoms with E-state index in [-0.39, 0.29) is 5.82 Å². The number of fused-ring (bicyclic) bond motifs is 1. The molecule has 0 saturated carbocycles. The maximum absolute atomic E-state index is 14.3. The van der Waals surface area contributed by atoms with Gasteiger partial charge in [-0.15, -0.1) is 0 Å². The molecule has 7 heteroatoms. The Bertz CT molecular complexity index is 981. The molecule has 0 fully saturated rings. The first-order valence-corrected chi connectivity index (χ1v) is 9.00. The number of carbonyl (C=O) groups excluding carboxylic acids is 1. The molecule has 130 valence electrons. The summed E-state index contributed by atoms with van der Waals surface area (Å²) in [6, 6.07) is 11.6. The minimum absolute atomic E-state index is 0.318. The van der Waals surface area contributed by atoms with E-state index in [1.807, 2.05) is 6.92 Å². The standard InChI is InChI=1S/C18H16ClFN2O2S/c1-2-24-11-10-22-16-14(20)8-5-9-15(16)25-18(22)21-17(23)12-6-3-4-7-13(12)19/h3-9H,2,10-11H2,1H3. The Morgan fingerprint density at radius 2 is 2.08 bits per heavy atom. The van der Waals surface area contributed by atoms with Gasteiger partial charge < -0.3 is 9.30 Å². The summed E-state index contributed by atoms with van der Waals surface area (Å²) in [5, 5.41) is 0.337. The molecule has 0 aliphatic rings. The summed E-state index contributed by atoms with van der Waals surface area (Å²) in [5.74, 6) is -0.806. The molecular formula is C18H16ClFN2O2S. The van der Waals surface area contributed by atoms with Crippen molar-refractivity contribution >= 4 is 39.1 Å². The average molecular weight is 379 g/mol. The van der Waals surface area contributed by atoms with Crippen LogP contribution in [-0.4, -0.2) is 23.7 Å². The molecule has 25 heavy (non-hydrogen) atoms. The van der Waals surface area contributed by atoms with Crippen molar-refractivity contribution in [3.8, 4) is 0 Å². The number of thiazole rings is 1. The first-order chi connectivity index (χ1) is 12.1. The minimum atomic E-state index is -0.456. The molecule has 0 bridgehead atoms. The highest BCUT2D eigenvalue weighted by Gasteiger charge is 2.13. The Kier molecular flexibility index (Phi) is 5.63. The number of amides is 1. The van der Waals surface area contributed by atoms with Gasteiger partial charge in [-0.2, -0.15) is 4.99 Å². The van der Waals surface area contributed by atoms with Crippen molar-refractivity contribution in [1.82, 2.24) is 4.57 Å². The Hall–Kier alpha value is -2.02. The number of para-hydroxylation sites is 1. The summed E-state index contributed by atoms with van der Waals surface area (Å²) in [4.78, 5) is 17.1. The Labute approximate surface area is 153 Å². The second-order valence-corrected chi connectivity index (χ2v) is 6.63. The van der Waals surface area contributed by atoms with Crippen molar-refractivity contribution in [2.75, 3.05) is 13.2 Å². The highest BCUT2D eigenvalue weighted by molar-refractivity contribution is 7.16. The van der Waals surface area contributed by atoms with E-state index in [9.17, 15) is 9.18 Å². The summed E-state index contributed by atoms with van der Waals surface area (Å²) in [6.45, 7) is 3.27. The maximum atomic E-state index is 14.3. The third-order valence-corrected chi connectivity index (χ3v) is 4.99. The molecule has 0 spiro atoms. The lowest BCUT2D eigenvalue weighted by Gasteiger charge is -2.06. The van der Waals surface area contributed by atoms with Gasteiger partial charge in [0, 0.05) is 13.2 Å². The van der Waals surface area contributed by atoms with Crippen LogP contribution in [0.4, 0.5) is 4.39 Å². The van der Waals surface area contributed by atoms with E-state index >= 15 is 0 Å². The van der Waals surface area contributed by atoms with Gasteiger partial charge in [-0.1, -0.05) is 41.1 Å². The number of hydrogen-bond donors (Lipinski definition) is 0. The first kappa shape index (κ1) is 17.8. The summed E-state index contributed by atoms with van der Waals surface area (Å²) in [6.07, 6.45) is 0. The summed E-state index contributed by atoms with van der Waals surface area (Å²) in [7, 11) is 0. The van der Waals surface area contributed by atoms with Gasteiger partial charge in [-0.25, -0.2) is 4.39 Å². The van der Waals surface area contributed by atoms with E-state index in [2.05, 4.69) is 4.99 Å². The van der Waals surface area contributed by atoms with Gasteiger partial charge in [-0.3, -0.25) is 4.79 Å². The van der Waals surface area contributed by atoms with E-state index in [0.29, 0.717) is 40.7 Å². The zero-order valence-electron chi connectivity index (χ0n) is 13.5. The second-order valence-electron chi connectivity index (χ2n) is 5.22. The predicted molar refractivity (Wildman–Crippen MR) is 97.6 cm³/mol. The van der Waals surface area contributed by atoms with Crippen LogP contribution in [0.15, 0.2) is 47.5 Å². The largest absolute Gasteiger partial charge is 0.380 e. The lowest BCUT2D eigenvalue weighted by Crippen LogP contribution is -2.20. The van der Waals surface area contributed by atoms with Gasteiger partial charge >= 0.3 is 0 Å². The molecule has 0 aliphatic carbocycles. The van der Waals surface area contributed by atoms with Gasteiger partial charge in [0.25, 0.3) is 5.91 Å². The van der Waals surface area contributed by atoms with Gasteiger partial charge in [0.05, 0.1) is 27.4 Å². The number of benzene rings is 2. The van der Waals surface area contributed by atoms with E-state index in [4.69, 9.17) is 16.3 Å². The predicted octanol–water partition coefficient (Wildman–Crippen LogP) is 4.27. The van der Waals surface area contributed by atoms with Crippen LogP contribution in [-0.2, 0) is 11.3 Å². The highest BCUT2D eigenvalue weighted by atomic mass is 35.5. The summed E-state index contributed by atoms with van der Waals surface area (Å²) in [5.41, 5.74) is 0.747. The molecule has 3 aromatic rings. The molecule has 0 atom stereocenters. The quantitative estimate of drug-likeness (QED) is 0.622.